The number of aromatic nitrogens is 1. The number of rotatable bonds is 2. The summed E-state index contributed by atoms with van der Waals surface area (Å²) in [6.07, 6.45) is 4.21. The van der Waals surface area contributed by atoms with E-state index >= 15 is 0 Å². The van der Waals surface area contributed by atoms with Crippen molar-refractivity contribution in [3.8, 4) is 0 Å². The average Bonchev–Trinajstić information content (AvgIpc) is 2.89. The Balaban J connectivity index is 1.71. The van der Waals surface area contributed by atoms with Gasteiger partial charge in [0.1, 0.15) is 5.60 Å². The summed E-state index contributed by atoms with van der Waals surface area (Å²) in [5.74, 6) is 0. The summed E-state index contributed by atoms with van der Waals surface area (Å²) in [6, 6.07) is 3.85. The second kappa shape index (κ2) is 4.00. The largest absolute Gasteiger partial charge is 0.439 e. The van der Waals surface area contributed by atoms with Gasteiger partial charge in [0.2, 0.25) is 0 Å². The van der Waals surface area contributed by atoms with Gasteiger partial charge >= 0.3 is 6.09 Å². The summed E-state index contributed by atoms with van der Waals surface area (Å²) in [5.41, 5.74) is 0.742. The molecule has 5 nitrogen and oxygen atoms in total. The minimum atomic E-state index is -0.292. The Morgan fingerprint density at radius 2 is 2.53 bits per heavy atom. The van der Waals surface area contributed by atoms with Gasteiger partial charge in [0, 0.05) is 25.4 Å². The van der Waals surface area contributed by atoms with Crippen molar-refractivity contribution in [1.29, 1.82) is 0 Å². The zero-order chi connectivity index (χ0) is 11.7. The molecule has 1 amide bonds. The van der Waals surface area contributed by atoms with Crippen LogP contribution in [0.2, 0.25) is 0 Å². The lowest BCUT2D eigenvalue weighted by Crippen LogP contribution is -2.36. The van der Waals surface area contributed by atoms with Gasteiger partial charge in [-0.1, -0.05) is 6.07 Å². The zero-order valence-electron chi connectivity index (χ0n) is 9.56. The number of nitrogens with one attached hydrogen (secondary N) is 1. The predicted octanol–water partition coefficient (Wildman–Crippen LogP) is 0.766. The molecular weight excluding hydrogens is 218 g/mol. The predicted molar refractivity (Wildman–Crippen MR) is 61.3 cm³/mol. The molecule has 0 saturated carbocycles. The molecule has 3 heterocycles. The molecule has 1 aromatic heterocycles. The van der Waals surface area contributed by atoms with Gasteiger partial charge in [-0.05, 0) is 18.2 Å². The maximum absolute atomic E-state index is 11.8. The van der Waals surface area contributed by atoms with E-state index in [0.29, 0.717) is 13.1 Å². The number of hydrogen-bond donors (Lipinski definition) is 1. The van der Waals surface area contributed by atoms with Gasteiger partial charge < -0.3 is 10.1 Å². The molecule has 2 fully saturated rings. The van der Waals surface area contributed by atoms with Gasteiger partial charge in [0.05, 0.1) is 13.1 Å². The molecule has 1 aromatic rings. The molecule has 2 saturated heterocycles. The van der Waals surface area contributed by atoms with Crippen LogP contribution in [0.4, 0.5) is 4.79 Å². The van der Waals surface area contributed by atoms with Crippen molar-refractivity contribution in [3.05, 3.63) is 30.1 Å². The molecule has 17 heavy (non-hydrogen) atoms. The van der Waals surface area contributed by atoms with Crippen LogP contribution in [-0.4, -0.2) is 41.2 Å². The fraction of sp³-hybridized carbons (Fsp3) is 0.500. The first-order valence-electron chi connectivity index (χ1n) is 5.85. The van der Waals surface area contributed by atoms with E-state index in [-0.39, 0.29) is 11.7 Å². The highest BCUT2D eigenvalue weighted by molar-refractivity contribution is 5.70. The van der Waals surface area contributed by atoms with Crippen LogP contribution in [0.1, 0.15) is 12.0 Å². The number of carbonyl (C=O) groups is 1. The third-order valence-corrected chi connectivity index (χ3v) is 3.34. The second-order valence-electron chi connectivity index (χ2n) is 4.70. The Kier molecular flexibility index (Phi) is 2.48. The first-order chi connectivity index (χ1) is 8.27. The van der Waals surface area contributed by atoms with Crippen molar-refractivity contribution in [2.45, 2.75) is 18.6 Å². The normalized spacial score (nSPS) is 27.8. The van der Waals surface area contributed by atoms with Gasteiger partial charge in [0.25, 0.3) is 0 Å². The fourth-order valence-electron chi connectivity index (χ4n) is 2.47. The Hall–Kier alpha value is -1.62. The topological polar surface area (TPSA) is 54.5 Å². The number of amides is 1. The maximum Gasteiger partial charge on any atom is 0.410 e. The van der Waals surface area contributed by atoms with Gasteiger partial charge in [-0.15, -0.1) is 0 Å². The fourth-order valence-corrected chi connectivity index (χ4v) is 2.47. The monoisotopic (exact) mass is 233 g/mol. The van der Waals surface area contributed by atoms with E-state index < -0.39 is 0 Å². The van der Waals surface area contributed by atoms with Crippen molar-refractivity contribution in [2.24, 2.45) is 0 Å². The molecule has 1 spiro atoms. The summed E-state index contributed by atoms with van der Waals surface area (Å²) in [5, 5.41) is 3.24. The third-order valence-electron chi connectivity index (χ3n) is 3.34. The van der Waals surface area contributed by atoms with Crippen molar-refractivity contribution < 1.29 is 9.53 Å². The summed E-state index contributed by atoms with van der Waals surface area (Å²) >= 11 is 0. The number of ether oxygens (including phenoxy) is 1. The molecule has 2 aliphatic heterocycles. The SMILES string of the molecule is O=C1OC2(CCNC2)CN1Cc1cccnc1. The van der Waals surface area contributed by atoms with E-state index in [9.17, 15) is 4.79 Å². The molecule has 3 rings (SSSR count). The van der Waals surface area contributed by atoms with E-state index in [1.807, 2.05) is 12.1 Å². The summed E-state index contributed by atoms with van der Waals surface area (Å²) < 4.78 is 5.50. The Bertz CT molecular complexity index is 415. The van der Waals surface area contributed by atoms with Crippen LogP contribution < -0.4 is 5.32 Å². The Labute approximate surface area is 99.8 Å². The molecule has 2 aliphatic rings. The molecule has 1 N–H and O–H groups in total. The molecule has 90 valence electrons. The lowest BCUT2D eigenvalue weighted by Gasteiger charge is -2.19. The molecule has 1 atom stereocenters. The maximum atomic E-state index is 11.8. The molecule has 0 aromatic carbocycles. The van der Waals surface area contributed by atoms with Crippen LogP contribution in [0.3, 0.4) is 0 Å². The van der Waals surface area contributed by atoms with E-state index in [2.05, 4.69) is 10.3 Å². The van der Waals surface area contributed by atoms with E-state index in [1.54, 1.807) is 17.3 Å². The van der Waals surface area contributed by atoms with Crippen LogP contribution in [0.5, 0.6) is 0 Å². The highest BCUT2D eigenvalue weighted by atomic mass is 16.6. The van der Waals surface area contributed by atoms with E-state index in [4.69, 9.17) is 4.74 Å². The van der Waals surface area contributed by atoms with Crippen molar-refractivity contribution in [3.63, 3.8) is 0 Å². The van der Waals surface area contributed by atoms with Crippen molar-refractivity contribution in [1.82, 2.24) is 15.2 Å². The van der Waals surface area contributed by atoms with Gasteiger partial charge in [-0.2, -0.15) is 0 Å². The number of nitrogens with zero attached hydrogens (tertiary/aromatic N) is 2. The minimum absolute atomic E-state index is 0.211. The standard InChI is InChI=1S/C12H15N3O2/c16-11-15(7-10-2-1-4-13-6-10)9-12(17-11)3-5-14-8-12/h1-2,4,6,14H,3,5,7-9H2. The molecule has 5 heteroatoms. The molecule has 0 bridgehead atoms. The zero-order valence-corrected chi connectivity index (χ0v) is 9.56. The quantitative estimate of drug-likeness (QED) is 0.819. The molecule has 0 radical (unpaired) electrons. The van der Waals surface area contributed by atoms with E-state index in [0.717, 1.165) is 25.1 Å². The van der Waals surface area contributed by atoms with Gasteiger partial charge in [0.15, 0.2) is 0 Å². The average molecular weight is 233 g/mol. The first kappa shape index (κ1) is 10.5. The van der Waals surface area contributed by atoms with Crippen LogP contribution >= 0.6 is 0 Å². The summed E-state index contributed by atoms with van der Waals surface area (Å²) in [4.78, 5) is 17.6. The van der Waals surface area contributed by atoms with Crippen molar-refractivity contribution in [2.75, 3.05) is 19.6 Å². The van der Waals surface area contributed by atoms with Crippen molar-refractivity contribution >= 4 is 6.09 Å². The highest BCUT2D eigenvalue weighted by Crippen LogP contribution is 2.29. The van der Waals surface area contributed by atoms with Gasteiger partial charge in [-0.3, -0.25) is 9.88 Å². The Morgan fingerprint density at radius 3 is 3.24 bits per heavy atom. The lowest BCUT2D eigenvalue weighted by molar-refractivity contribution is 0.0727. The molecule has 1 unspecified atom stereocenters. The van der Waals surface area contributed by atoms with Gasteiger partial charge in [-0.25, -0.2) is 4.79 Å². The summed E-state index contributed by atoms with van der Waals surface area (Å²) in [7, 11) is 0. The van der Waals surface area contributed by atoms with Crippen LogP contribution in [0.15, 0.2) is 24.5 Å². The van der Waals surface area contributed by atoms with Crippen LogP contribution in [0.25, 0.3) is 0 Å². The van der Waals surface area contributed by atoms with E-state index in [1.165, 1.54) is 0 Å². The highest BCUT2D eigenvalue weighted by Gasteiger charge is 2.46. The van der Waals surface area contributed by atoms with Crippen LogP contribution in [-0.2, 0) is 11.3 Å². The molecular formula is C12H15N3O2. The minimum Gasteiger partial charge on any atom is -0.439 e. The number of carbonyl (C=O) groups excluding carboxylic acids is 1. The summed E-state index contributed by atoms with van der Waals surface area (Å²) in [6.45, 7) is 2.94. The smallest absolute Gasteiger partial charge is 0.410 e. The van der Waals surface area contributed by atoms with Crippen LogP contribution in [0, 0.1) is 0 Å². The lowest BCUT2D eigenvalue weighted by atomic mass is 10.0. The first-order valence-corrected chi connectivity index (χ1v) is 5.85. The number of pyridine rings is 1. The second-order valence-corrected chi connectivity index (χ2v) is 4.70. The Morgan fingerprint density at radius 1 is 1.59 bits per heavy atom. The molecule has 0 aliphatic carbocycles. The number of hydrogen-bond acceptors (Lipinski definition) is 4. The third kappa shape index (κ3) is 1.98.